The largest absolute Gasteiger partial charge is 0.365 e. The molecule has 82 valence electrons. The van der Waals surface area contributed by atoms with Crippen LogP contribution in [0.15, 0.2) is 18.2 Å². The molecule has 0 spiro atoms. The molecule has 0 amide bonds. The Morgan fingerprint density at radius 2 is 2.20 bits per heavy atom. The van der Waals surface area contributed by atoms with E-state index in [9.17, 15) is 0 Å². The van der Waals surface area contributed by atoms with Gasteiger partial charge in [-0.25, -0.2) is 0 Å². The molecular weight excluding hydrogens is 231 g/mol. The molecule has 1 aromatic carbocycles. The maximum Gasteiger partial charge on any atom is 0.0654 e. The number of benzene rings is 1. The summed E-state index contributed by atoms with van der Waals surface area (Å²) in [5, 5.41) is 4.77. The lowest BCUT2D eigenvalue weighted by Gasteiger charge is -2.36. The van der Waals surface area contributed by atoms with Gasteiger partial charge in [0.25, 0.3) is 0 Å². The summed E-state index contributed by atoms with van der Waals surface area (Å²) in [6.45, 7) is 5.18. The monoisotopic (exact) mass is 244 g/mol. The van der Waals surface area contributed by atoms with Crippen LogP contribution in [0.3, 0.4) is 0 Å². The Balaban J connectivity index is 2.27. The third kappa shape index (κ3) is 2.39. The maximum atomic E-state index is 6.18. The average molecular weight is 245 g/mol. The van der Waals surface area contributed by atoms with Crippen LogP contribution in [0.4, 0.5) is 5.69 Å². The molecule has 0 aliphatic carbocycles. The van der Waals surface area contributed by atoms with Gasteiger partial charge in [-0.1, -0.05) is 23.2 Å². The molecule has 1 aromatic rings. The van der Waals surface area contributed by atoms with Gasteiger partial charge < -0.3 is 10.2 Å². The predicted octanol–water partition coefficient (Wildman–Crippen LogP) is 2.79. The van der Waals surface area contributed by atoms with Crippen molar-refractivity contribution in [1.29, 1.82) is 0 Å². The molecule has 1 saturated heterocycles. The van der Waals surface area contributed by atoms with Crippen LogP contribution in [0.5, 0.6) is 0 Å². The first kappa shape index (κ1) is 11.1. The maximum absolute atomic E-state index is 6.18. The third-order valence-electron chi connectivity index (χ3n) is 2.72. The Kier molecular flexibility index (Phi) is 3.39. The molecule has 2 rings (SSSR count). The van der Waals surface area contributed by atoms with Crippen LogP contribution in [0.25, 0.3) is 0 Å². The second-order valence-electron chi connectivity index (χ2n) is 3.84. The summed E-state index contributed by atoms with van der Waals surface area (Å²) >= 11 is 12.1. The minimum Gasteiger partial charge on any atom is -0.365 e. The lowest BCUT2D eigenvalue weighted by atomic mass is 10.2. The highest BCUT2D eigenvalue weighted by molar-refractivity contribution is 6.36. The van der Waals surface area contributed by atoms with Gasteiger partial charge in [-0.15, -0.1) is 0 Å². The van der Waals surface area contributed by atoms with E-state index in [0.717, 1.165) is 30.3 Å². The van der Waals surface area contributed by atoms with Crippen molar-refractivity contribution in [3.8, 4) is 0 Å². The Morgan fingerprint density at radius 3 is 2.87 bits per heavy atom. The van der Waals surface area contributed by atoms with Gasteiger partial charge in [0.05, 0.1) is 10.7 Å². The number of piperazine rings is 1. The van der Waals surface area contributed by atoms with Crippen LogP contribution < -0.4 is 10.2 Å². The zero-order chi connectivity index (χ0) is 10.8. The molecule has 0 aromatic heterocycles. The van der Waals surface area contributed by atoms with E-state index in [1.54, 1.807) is 6.07 Å². The minimum atomic E-state index is 0.470. The summed E-state index contributed by atoms with van der Waals surface area (Å²) in [6.07, 6.45) is 0. The SMILES string of the molecule is CC1CNCCN1c1ccc(Cl)cc1Cl. The molecule has 1 aliphatic heterocycles. The zero-order valence-corrected chi connectivity index (χ0v) is 10.1. The number of nitrogens with one attached hydrogen (secondary N) is 1. The molecule has 1 heterocycles. The average Bonchev–Trinajstić information content (AvgIpc) is 2.20. The first-order valence-corrected chi connectivity index (χ1v) is 5.86. The van der Waals surface area contributed by atoms with Gasteiger partial charge in [0.1, 0.15) is 0 Å². The summed E-state index contributed by atoms with van der Waals surface area (Å²) < 4.78 is 0. The van der Waals surface area contributed by atoms with Gasteiger partial charge in [0.2, 0.25) is 0 Å². The third-order valence-corrected chi connectivity index (χ3v) is 3.26. The molecule has 1 unspecified atom stereocenters. The number of hydrogen-bond acceptors (Lipinski definition) is 2. The predicted molar refractivity (Wildman–Crippen MR) is 66.1 cm³/mol. The van der Waals surface area contributed by atoms with E-state index in [-0.39, 0.29) is 0 Å². The molecule has 4 heteroatoms. The van der Waals surface area contributed by atoms with E-state index >= 15 is 0 Å². The van der Waals surface area contributed by atoms with E-state index in [2.05, 4.69) is 17.1 Å². The molecule has 0 saturated carbocycles. The molecule has 0 bridgehead atoms. The molecule has 1 atom stereocenters. The van der Waals surface area contributed by atoms with Crippen molar-refractivity contribution in [2.24, 2.45) is 0 Å². The Hall–Kier alpha value is -0.440. The number of nitrogens with zero attached hydrogens (tertiary/aromatic N) is 1. The van der Waals surface area contributed by atoms with E-state index in [1.807, 2.05) is 12.1 Å². The molecule has 0 radical (unpaired) electrons. The highest BCUT2D eigenvalue weighted by Gasteiger charge is 2.19. The first-order valence-electron chi connectivity index (χ1n) is 5.11. The van der Waals surface area contributed by atoms with Gasteiger partial charge >= 0.3 is 0 Å². The van der Waals surface area contributed by atoms with Crippen molar-refractivity contribution in [2.75, 3.05) is 24.5 Å². The summed E-state index contributed by atoms with van der Waals surface area (Å²) in [4.78, 5) is 2.31. The molecular formula is C11H14Cl2N2. The van der Waals surface area contributed by atoms with Gasteiger partial charge in [-0.3, -0.25) is 0 Å². The van der Waals surface area contributed by atoms with Crippen molar-refractivity contribution in [1.82, 2.24) is 5.32 Å². The molecule has 15 heavy (non-hydrogen) atoms. The van der Waals surface area contributed by atoms with Crippen LogP contribution in [0, 0.1) is 0 Å². The molecule has 1 aliphatic rings. The van der Waals surface area contributed by atoms with Crippen molar-refractivity contribution < 1.29 is 0 Å². The Morgan fingerprint density at radius 1 is 1.40 bits per heavy atom. The van der Waals surface area contributed by atoms with E-state index in [4.69, 9.17) is 23.2 Å². The highest BCUT2D eigenvalue weighted by Crippen LogP contribution is 2.30. The van der Waals surface area contributed by atoms with E-state index < -0.39 is 0 Å². The topological polar surface area (TPSA) is 15.3 Å². The van der Waals surface area contributed by atoms with Crippen molar-refractivity contribution in [3.63, 3.8) is 0 Å². The molecule has 1 fully saturated rings. The van der Waals surface area contributed by atoms with Crippen molar-refractivity contribution >= 4 is 28.9 Å². The van der Waals surface area contributed by atoms with E-state index in [0.29, 0.717) is 11.1 Å². The van der Waals surface area contributed by atoms with Crippen LogP contribution in [-0.4, -0.2) is 25.7 Å². The minimum absolute atomic E-state index is 0.470. The lowest BCUT2D eigenvalue weighted by Crippen LogP contribution is -2.50. The summed E-state index contributed by atoms with van der Waals surface area (Å²) in [6, 6.07) is 6.15. The fourth-order valence-electron chi connectivity index (χ4n) is 1.91. The summed E-state index contributed by atoms with van der Waals surface area (Å²) in [5.74, 6) is 0. The normalized spacial score (nSPS) is 21.8. The summed E-state index contributed by atoms with van der Waals surface area (Å²) in [5.41, 5.74) is 1.08. The summed E-state index contributed by atoms with van der Waals surface area (Å²) in [7, 11) is 0. The lowest BCUT2D eigenvalue weighted by molar-refractivity contribution is 0.501. The Bertz CT molecular complexity index is 354. The Labute approximate surface area is 100 Å². The van der Waals surface area contributed by atoms with Crippen LogP contribution in [0.1, 0.15) is 6.92 Å². The van der Waals surface area contributed by atoms with E-state index in [1.165, 1.54) is 0 Å². The number of anilines is 1. The fourth-order valence-corrected chi connectivity index (χ4v) is 2.43. The van der Waals surface area contributed by atoms with Gasteiger partial charge in [0, 0.05) is 30.7 Å². The van der Waals surface area contributed by atoms with Crippen molar-refractivity contribution in [2.45, 2.75) is 13.0 Å². The highest BCUT2D eigenvalue weighted by atomic mass is 35.5. The fraction of sp³-hybridized carbons (Fsp3) is 0.455. The van der Waals surface area contributed by atoms with Gasteiger partial charge in [-0.2, -0.15) is 0 Å². The van der Waals surface area contributed by atoms with Crippen molar-refractivity contribution in [3.05, 3.63) is 28.2 Å². The number of halogens is 2. The van der Waals surface area contributed by atoms with Gasteiger partial charge in [-0.05, 0) is 25.1 Å². The van der Waals surface area contributed by atoms with Crippen LogP contribution in [-0.2, 0) is 0 Å². The quantitative estimate of drug-likeness (QED) is 0.818. The smallest absolute Gasteiger partial charge is 0.0654 e. The molecule has 2 nitrogen and oxygen atoms in total. The number of rotatable bonds is 1. The first-order chi connectivity index (χ1) is 7.18. The second-order valence-corrected chi connectivity index (χ2v) is 4.69. The molecule has 1 N–H and O–H groups in total. The van der Waals surface area contributed by atoms with Crippen LogP contribution >= 0.6 is 23.2 Å². The second kappa shape index (κ2) is 4.60. The van der Waals surface area contributed by atoms with Crippen LogP contribution in [0.2, 0.25) is 10.0 Å². The number of hydrogen-bond donors (Lipinski definition) is 1. The zero-order valence-electron chi connectivity index (χ0n) is 8.63. The standard InChI is InChI=1S/C11H14Cl2N2/c1-8-7-14-4-5-15(8)11-3-2-9(12)6-10(11)13/h2-3,6,8,14H,4-5,7H2,1H3. The van der Waals surface area contributed by atoms with Gasteiger partial charge in [0.15, 0.2) is 0 Å².